The van der Waals surface area contributed by atoms with Crippen LogP contribution in [0.2, 0.25) is 0 Å². The Kier molecular flexibility index (Phi) is 9.27. The number of nitrogens with one attached hydrogen (secondary N) is 2. The highest BCUT2D eigenvalue weighted by Gasteiger charge is 2.20. The number of hydrogen-bond acceptors (Lipinski definition) is 2. The van der Waals surface area contributed by atoms with Crippen LogP contribution < -0.4 is 15.4 Å². The van der Waals surface area contributed by atoms with Crippen LogP contribution in [0.4, 0.5) is 0 Å². The second-order valence-electron chi connectivity index (χ2n) is 5.56. The van der Waals surface area contributed by atoms with Gasteiger partial charge in [-0.05, 0) is 50.7 Å². The van der Waals surface area contributed by atoms with E-state index in [1.54, 1.807) is 0 Å². The Hall–Kier alpha value is -0.980. The van der Waals surface area contributed by atoms with Crippen LogP contribution in [0.5, 0.6) is 5.75 Å². The van der Waals surface area contributed by atoms with Gasteiger partial charge in [0.1, 0.15) is 5.75 Å². The number of guanidine groups is 1. The van der Waals surface area contributed by atoms with Gasteiger partial charge in [0.2, 0.25) is 0 Å². The minimum atomic E-state index is 0. The molecule has 0 aliphatic heterocycles. The Morgan fingerprint density at radius 2 is 2.05 bits per heavy atom. The van der Waals surface area contributed by atoms with Crippen molar-refractivity contribution in [2.75, 3.05) is 26.2 Å². The number of hydrogen-bond donors (Lipinski definition) is 2. The van der Waals surface area contributed by atoms with E-state index in [1.807, 2.05) is 18.2 Å². The first-order valence-electron chi connectivity index (χ1n) is 8.00. The molecule has 1 aromatic rings. The average molecular weight is 417 g/mol. The number of nitrogens with zero attached hydrogens (tertiary/aromatic N) is 1. The first-order chi connectivity index (χ1) is 10.3. The third kappa shape index (κ3) is 7.33. The zero-order valence-electron chi connectivity index (χ0n) is 13.6. The van der Waals surface area contributed by atoms with Crippen LogP contribution in [0.1, 0.15) is 31.7 Å². The fourth-order valence-electron chi connectivity index (χ4n) is 2.04. The number of ether oxygens (including phenoxy) is 1. The number of rotatable bonds is 8. The van der Waals surface area contributed by atoms with E-state index < -0.39 is 0 Å². The summed E-state index contributed by atoms with van der Waals surface area (Å²) >= 11 is 0. The molecule has 1 aliphatic carbocycles. The summed E-state index contributed by atoms with van der Waals surface area (Å²) in [4.78, 5) is 4.60. The third-order valence-electron chi connectivity index (χ3n) is 3.51. The molecule has 2 rings (SSSR count). The van der Waals surface area contributed by atoms with Crippen LogP contribution in [-0.2, 0) is 0 Å². The van der Waals surface area contributed by atoms with Crippen molar-refractivity contribution in [3.63, 3.8) is 0 Å². The fraction of sp³-hybridized carbons (Fsp3) is 0.588. The highest BCUT2D eigenvalue weighted by molar-refractivity contribution is 14.0. The minimum Gasteiger partial charge on any atom is -0.493 e. The van der Waals surface area contributed by atoms with Crippen LogP contribution in [0, 0.1) is 12.8 Å². The molecule has 0 atom stereocenters. The van der Waals surface area contributed by atoms with Gasteiger partial charge in [-0.3, -0.25) is 4.99 Å². The normalized spacial score (nSPS) is 14.2. The maximum atomic E-state index is 5.79. The summed E-state index contributed by atoms with van der Waals surface area (Å²) in [5.41, 5.74) is 1.18. The topological polar surface area (TPSA) is 45.7 Å². The SMILES string of the molecule is CCNC(=NCC1CC1)NCCCOc1ccccc1C.I. The number of halogens is 1. The van der Waals surface area contributed by atoms with Gasteiger partial charge in [-0.15, -0.1) is 24.0 Å². The van der Waals surface area contributed by atoms with Crippen LogP contribution in [-0.4, -0.2) is 32.2 Å². The minimum absolute atomic E-state index is 0. The van der Waals surface area contributed by atoms with Crippen LogP contribution in [0.3, 0.4) is 0 Å². The van der Waals surface area contributed by atoms with Crippen molar-refractivity contribution in [3.8, 4) is 5.75 Å². The van der Waals surface area contributed by atoms with E-state index in [0.717, 1.165) is 50.3 Å². The molecule has 0 aromatic heterocycles. The lowest BCUT2D eigenvalue weighted by molar-refractivity contribution is 0.309. The smallest absolute Gasteiger partial charge is 0.191 e. The van der Waals surface area contributed by atoms with Crippen LogP contribution >= 0.6 is 24.0 Å². The van der Waals surface area contributed by atoms with Gasteiger partial charge >= 0.3 is 0 Å². The monoisotopic (exact) mass is 417 g/mol. The quantitative estimate of drug-likeness (QED) is 0.295. The van der Waals surface area contributed by atoms with Crippen molar-refractivity contribution in [2.24, 2.45) is 10.9 Å². The highest BCUT2D eigenvalue weighted by atomic mass is 127. The van der Waals surface area contributed by atoms with Gasteiger partial charge < -0.3 is 15.4 Å². The molecular formula is C17H28IN3O. The largest absolute Gasteiger partial charge is 0.493 e. The Morgan fingerprint density at radius 1 is 1.27 bits per heavy atom. The number of aryl methyl sites for hydroxylation is 1. The molecule has 0 bridgehead atoms. The lowest BCUT2D eigenvalue weighted by Crippen LogP contribution is -2.38. The maximum absolute atomic E-state index is 5.79. The fourth-order valence-corrected chi connectivity index (χ4v) is 2.04. The van der Waals surface area contributed by atoms with Crippen molar-refractivity contribution >= 4 is 29.9 Å². The van der Waals surface area contributed by atoms with Crippen molar-refractivity contribution in [1.29, 1.82) is 0 Å². The van der Waals surface area contributed by atoms with Gasteiger partial charge in [-0.25, -0.2) is 0 Å². The molecule has 0 heterocycles. The second kappa shape index (κ2) is 10.7. The van der Waals surface area contributed by atoms with E-state index in [1.165, 1.54) is 18.4 Å². The number of benzene rings is 1. The lowest BCUT2D eigenvalue weighted by atomic mass is 10.2. The molecular weight excluding hydrogens is 389 g/mol. The summed E-state index contributed by atoms with van der Waals surface area (Å²) in [6, 6.07) is 8.13. The molecule has 0 saturated heterocycles. The predicted octanol–water partition coefficient (Wildman–Crippen LogP) is 3.35. The molecule has 4 nitrogen and oxygen atoms in total. The molecule has 5 heteroatoms. The molecule has 22 heavy (non-hydrogen) atoms. The molecule has 0 amide bonds. The van der Waals surface area contributed by atoms with E-state index in [0.29, 0.717) is 0 Å². The molecule has 1 saturated carbocycles. The molecule has 0 spiro atoms. The van der Waals surface area contributed by atoms with Crippen LogP contribution in [0.15, 0.2) is 29.3 Å². The van der Waals surface area contributed by atoms with E-state index in [-0.39, 0.29) is 24.0 Å². The molecule has 2 N–H and O–H groups in total. The molecule has 1 aromatic carbocycles. The Bertz CT molecular complexity index is 461. The Labute approximate surface area is 151 Å². The van der Waals surface area contributed by atoms with Gasteiger partial charge in [0.05, 0.1) is 6.61 Å². The molecule has 0 unspecified atom stereocenters. The van der Waals surface area contributed by atoms with E-state index in [4.69, 9.17) is 4.74 Å². The summed E-state index contributed by atoms with van der Waals surface area (Å²) in [6.45, 7) is 7.62. The summed E-state index contributed by atoms with van der Waals surface area (Å²) in [6.07, 6.45) is 3.64. The standard InChI is InChI=1S/C17H27N3O.HI/c1-3-18-17(20-13-15-9-10-15)19-11-6-12-21-16-8-5-4-7-14(16)2;/h4-5,7-8,15H,3,6,9-13H2,1-2H3,(H2,18,19,20);1H. The maximum Gasteiger partial charge on any atom is 0.191 e. The van der Waals surface area contributed by atoms with Gasteiger partial charge in [0, 0.05) is 19.6 Å². The van der Waals surface area contributed by atoms with E-state index >= 15 is 0 Å². The van der Waals surface area contributed by atoms with E-state index in [2.05, 4.69) is 35.5 Å². The molecule has 1 aliphatic rings. The van der Waals surface area contributed by atoms with Gasteiger partial charge in [0.15, 0.2) is 5.96 Å². The molecule has 1 fully saturated rings. The van der Waals surface area contributed by atoms with Gasteiger partial charge in [-0.1, -0.05) is 18.2 Å². The van der Waals surface area contributed by atoms with Crippen molar-refractivity contribution in [1.82, 2.24) is 10.6 Å². The van der Waals surface area contributed by atoms with Gasteiger partial charge in [-0.2, -0.15) is 0 Å². The van der Waals surface area contributed by atoms with E-state index in [9.17, 15) is 0 Å². The second-order valence-corrected chi connectivity index (χ2v) is 5.56. The molecule has 0 radical (unpaired) electrons. The molecule has 124 valence electrons. The van der Waals surface area contributed by atoms with Crippen LogP contribution in [0.25, 0.3) is 0 Å². The predicted molar refractivity (Wildman–Crippen MR) is 103 cm³/mol. The number of aliphatic imine (C=N–C) groups is 1. The van der Waals surface area contributed by atoms with Crippen molar-refractivity contribution in [3.05, 3.63) is 29.8 Å². The third-order valence-corrected chi connectivity index (χ3v) is 3.51. The Balaban J connectivity index is 0.00000242. The summed E-state index contributed by atoms with van der Waals surface area (Å²) in [5.74, 6) is 2.73. The first-order valence-corrected chi connectivity index (χ1v) is 8.00. The highest BCUT2D eigenvalue weighted by Crippen LogP contribution is 2.28. The lowest BCUT2D eigenvalue weighted by Gasteiger charge is -2.12. The average Bonchev–Trinajstić information content (AvgIpc) is 3.30. The zero-order valence-corrected chi connectivity index (χ0v) is 15.9. The van der Waals surface area contributed by atoms with Crippen molar-refractivity contribution in [2.45, 2.75) is 33.1 Å². The first kappa shape index (κ1) is 19.1. The summed E-state index contributed by atoms with van der Waals surface area (Å²) in [5, 5.41) is 6.65. The summed E-state index contributed by atoms with van der Waals surface area (Å²) < 4.78 is 5.79. The Morgan fingerprint density at radius 3 is 2.73 bits per heavy atom. The van der Waals surface area contributed by atoms with Crippen molar-refractivity contribution < 1.29 is 4.74 Å². The zero-order chi connectivity index (χ0) is 14.9. The summed E-state index contributed by atoms with van der Waals surface area (Å²) in [7, 11) is 0. The number of para-hydroxylation sites is 1. The van der Waals surface area contributed by atoms with Gasteiger partial charge in [0.25, 0.3) is 0 Å².